The topological polar surface area (TPSA) is 83.1 Å². The van der Waals surface area contributed by atoms with Crippen molar-refractivity contribution in [2.75, 3.05) is 41.2 Å². The van der Waals surface area contributed by atoms with E-state index in [1.54, 1.807) is 21.3 Å². The molecule has 0 amide bonds. The lowest BCUT2D eigenvalue weighted by Gasteiger charge is -2.32. The van der Waals surface area contributed by atoms with Crippen molar-refractivity contribution in [3.8, 4) is 17.2 Å². The fourth-order valence-corrected chi connectivity index (χ4v) is 4.74. The van der Waals surface area contributed by atoms with Crippen LogP contribution in [0.2, 0.25) is 0 Å². The van der Waals surface area contributed by atoms with Gasteiger partial charge in [0.05, 0.1) is 79.3 Å². The van der Waals surface area contributed by atoms with Crippen molar-refractivity contribution in [1.29, 1.82) is 0 Å². The molecule has 3 unspecified atom stereocenters. The third kappa shape index (κ3) is 14.7. The second-order valence-electron chi connectivity index (χ2n) is 13.1. The van der Waals surface area contributed by atoms with Gasteiger partial charge in [0.25, 0.3) is 0 Å². The van der Waals surface area contributed by atoms with E-state index in [1.807, 2.05) is 72.8 Å². The Hall–Kier alpha value is -3.12. The molecule has 0 N–H and O–H groups in total. The average molecular weight is 681 g/mol. The lowest BCUT2D eigenvalue weighted by molar-refractivity contribution is -0.0776. The van der Waals surface area contributed by atoms with Crippen LogP contribution in [0.3, 0.4) is 0 Å². The van der Waals surface area contributed by atoms with Gasteiger partial charge in [-0.2, -0.15) is 0 Å². The summed E-state index contributed by atoms with van der Waals surface area (Å²) in [4.78, 5) is 0. The van der Waals surface area contributed by atoms with Crippen LogP contribution in [0.25, 0.3) is 0 Å². The summed E-state index contributed by atoms with van der Waals surface area (Å²) in [6.07, 6.45) is -0.863. The highest BCUT2D eigenvalue weighted by Gasteiger charge is 2.35. The van der Waals surface area contributed by atoms with Crippen molar-refractivity contribution < 1.29 is 42.4 Å². The summed E-state index contributed by atoms with van der Waals surface area (Å²) in [5, 5.41) is 0. The van der Waals surface area contributed by atoms with Crippen LogP contribution in [0.15, 0.2) is 72.8 Å². The zero-order valence-electron chi connectivity index (χ0n) is 30.9. The van der Waals surface area contributed by atoms with Gasteiger partial charge in [0.15, 0.2) is 0 Å². The van der Waals surface area contributed by atoms with Gasteiger partial charge >= 0.3 is 7.32 Å². The molecule has 0 fully saturated rings. The third-order valence-corrected chi connectivity index (χ3v) is 8.22. The molecule has 3 aromatic carbocycles. The summed E-state index contributed by atoms with van der Waals surface area (Å²) < 4.78 is 54.1. The minimum absolute atomic E-state index is 0.137. The normalized spacial score (nSPS) is 13.5. The molecule has 10 heteroatoms. The van der Waals surface area contributed by atoms with Crippen LogP contribution >= 0.6 is 0 Å². The van der Waals surface area contributed by atoms with E-state index >= 15 is 0 Å². The first-order chi connectivity index (χ1) is 23.6. The number of methoxy groups -OCH3 is 3. The van der Waals surface area contributed by atoms with Crippen LogP contribution in [0.1, 0.15) is 58.2 Å². The minimum atomic E-state index is -0.967. The summed E-state index contributed by atoms with van der Waals surface area (Å²) in [6.45, 7) is 15.1. The van der Waals surface area contributed by atoms with Crippen molar-refractivity contribution in [2.45, 2.75) is 79.7 Å². The van der Waals surface area contributed by atoms with E-state index in [-0.39, 0.29) is 36.1 Å². The molecule has 0 saturated carbocycles. The van der Waals surface area contributed by atoms with Gasteiger partial charge < -0.3 is 42.4 Å². The van der Waals surface area contributed by atoms with Gasteiger partial charge in [-0.15, -0.1) is 0 Å². The Morgan fingerprint density at radius 3 is 0.857 bits per heavy atom. The first-order valence-electron chi connectivity index (χ1n) is 17.2. The monoisotopic (exact) mass is 680 g/mol. The number of hydrogen-bond acceptors (Lipinski definition) is 9. The van der Waals surface area contributed by atoms with Crippen LogP contribution in [0, 0.1) is 17.8 Å². The maximum absolute atomic E-state index is 6.60. The van der Waals surface area contributed by atoms with Crippen molar-refractivity contribution in [2.24, 2.45) is 17.8 Å². The molecule has 3 atom stereocenters. The molecular weight excluding hydrogens is 623 g/mol. The maximum Gasteiger partial charge on any atom is 0.640 e. The molecule has 9 nitrogen and oxygen atoms in total. The van der Waals surface area contributed by atoms with E-state index in [1.165, 1.54) is 0 Å². The minimum Gasteiger partial charge on any atom is -0.497 e. The molecule has 3 rings (SSSR count). The van der Waals surface area contributed by atoms with Crippen molar-refractivity contribution in [3.05, 3.63) is 89.5 Å². The van der Waals surface area contributed by atoms with Crippen LogP contribution < -0.4 is 14.2 Å². The number of benzene rings is 3. The Kier molecular flexibility index (Phi) is 18.0. The van der Waals surface area contributed by atoms with E-state index in [9.17, 15) is 0 Å². The maximum atomic E-state index is 6.60. The van der Waals surface area contributed by atoms with Gasteiger partial charge in [-0.3, -0.25) is 0 Å². The Balaban J connectivity index is 1.69. The van der Waals surface area contributed by atoms with E-state index in [0.717, 1.165) is 33.9 Å². The Bertz CT molecular complexity index is 1120. The SMILES string of the molecule is COc1ccc(COCC(OB(OC(COCc2ccc(OC)cc2)C(C)C)OC(COCc2ccc(OC)cc2)C(C)C)C(C)C)cc1. The molecule has 0 heterocycles. The molecule has 0 saturated heterocycles. The van der Waals surface area contributed by atoms with Crippen molar-refractivity contribution >= 4 is 7.32 Å². The van der Waals surface area contributed by atoms with E-state index in [2.05, 4.69) is 41.5 Å². The molecule has 49 heavy (non-hydrogen) atoms. The number of hydrogen-bond donors (Lipinski definition) is 0. The predicted molar refractivity (Wildman–Crippen MR) is 193 cm³/mol. The fraction of sp³-hybridized carbons (Fsp3) is 0.538. The average Bonchev–Trinajstić information content (AvgIpc) is 3.10. The molecule has 0 radical (unpaired) electrons. The molecular formula is C39H57BO9. The van der Waals surface area contributed by atoms with Gasteiger partial charge in [0.2, 0.25) is 0 Å². The second kappa shape index (κ2) is 21.9. The van der Waals surface area contributed by atoms with Crippen LogP contribution in [-0.2, 0) is 48.0 Å². The smallest absolute Gasteiger partial charge is 0.497 e. The Morgan fingerprint density at radius 2 is 0.653 bits per heavy atom. The van der Waals surface area contributed by atoms with Gasteiger partial charge in [-0.25, -0.2) is 0 Å². The summed E-state index contributed by atoms with van der Waals surface area (Å²) in [6, 6.07) is 23.6. The van der Waals surface area contributed by atoms with Gasteiger partial charge in [0.1, 0.15) is 17.2 Å². The second-order valence-corrected chi connectivity index (χ2v) is 13.1. The standard InChI is InChI=1S/C39H57BO9/c1-28(2)37(25-44-22-31-10-16-34(41-7)17-11-31)47-40(48-38(29(3)4)26-45-23-32-12-18-35(42-8)19-13-32)49-39(30(5)6)27-46-24-33-14-20-36(43-9)21-15-33/h10-21,28-30,37-39H,22-27H2,1-9H3. The molecule has 0 aliphatic rings. The largest absolute Gasteiger partial charge is 0.640 e. The lowest BCUT2D eigenvalue weighted by atomic mass is 10.0. The van der Waals surface area contributed by atoms with Crippen LogP contribution in [0.4, 0.5) is 0 Å². The third-order valence-electron chi connectivity index (χ3n) is 8.22. The zero-order valence-corrected chi connectivity index (χ0v) is 30.9. The Morgan fingerprint density at radius 1 is 0.408 bits per heavy atom. The fourth-order valence-electron chi connectivity index (χ4n) is 4.74. The highest BCUT2D eigenvalue weighted by atomic mass is 16.8. The van der Waals surface area contributed by atoms with Gasteiger partial charge in [-0.1, -0.05) is 77.9 Å². The summed E-state index contributed by atoms with van der Waals surface area (Å²) in [5.74, 6) is 2.84. The lowest BCUT2D eigenvalue weighted by Crippen LogP contribution is -2.45. The molecule has 0 aromatic heterocycles. The molecule has 0 aliphatic heterocycles. The van der Waals surface area contributed by atoms with Crippen molar-refractivity contribution in [1.82, 2.24) is 0 Å². The molecule has 0 aliphatic carbocycles. The first kappa shape index (κ1) is 40.3. The highest BCUT2D eigenvalue weighted by molar-refractivity contribution is 6.36. The van der Waals surface area contributed by atoms with E-state index in [4.69, 9.17) is 42.4 Å². The molecule has 270 valence electrons. The molecule has 0 spiro atoms. The molecule has 3 aromatic rings. The zero-order chi connectivity index (χ0) is 35.6. The number of rotatable bonds is 24. The molecule has 0 bridgehead atoms. The number of ether oxygens (including phenoxy) is 6. The van der Waals surface area contributed by atoms with E-state index in [0.29, 0.717) is 39.6 Å². The highest BCUT2D eigenvalue weighted by Crippen LogP contribution is 2.21. The van der Waals surface area contributed by atoms with Crippen LogP contribution in [0.5, 0.6) is 17.2 Å². The summed E-state index contributed by atoms with van der Waals surface area (Å²) >= 11 is 0. The van der Waals surface area contributed by atoms with E-state index < -0.39 is 7.32 Å². The predicted octanol–water partition coefficient (Wildman–Crippen LogP) is 7.77. The van der Waals surface area contributed by atoms with Crippen molar-refractivity contribution in [3.63, 3.8) is 0 Å². The quantitative estimate of drug-likeness (QED) is 0.0882. The summed E-state index contributed by atoms with van der Waals surface area (Å²) in [5.41, 5.74) is 3.15. The Labute approximate surface area is 294 Å². The van der Waals surface area contributed by atoms with Crippen LogP contribution in [-0.4, -0.2) is 66.8 Å². The first-order valence-corrected chi connectivity index (χ1v) is 17.2. The van der Waals surface area contributed by atoms with Gasteiger partial charge in [0, 0.05) is 0 Å². The summed E-state index contributed by atoms with van der Waals surface area (Å²) in [7, 11) is 4.00. The van der Waals surface area contributed by atoms with Gasteiger partial charge in [-0.05, 0) is 70.8 Å².